The summed E-state index contributed by atoms with van der Waals surface area (Å²) in [6, 6.07) is 7.56. The monoisotopic (exact) mass is 348 g/mol. The van der Waals surface area contributed by atoms with Crippen LogP contribution in [0.25, 0.3) is 16.6 Å². The highest BCUT2D eigenvalue weighted by Crippen LogP contribution is 2.43. The van der Waals surface area contributed by atoms with Crippen molar-refractivity contribution in [1.29, 1.82) is 0 Å². The second-order valence-corrected chi connectivity index (χ2v) is 6.63. The molecular weight excluding hydrogens is 328 g/mol. The smallest absolute Gasteiger partial charge is 0.343 e. The van der Waals surface area contributed by atoms with Crippen LogP contribution in [-0.4, -0.2) is 22.0 Å². The van der Waals surface area contributed by atoms with E-state index in [1.807, 2.05) is 31.3 Å². The van der Waals surface area contributed by atoms with Crippen molar-refractivity contribution < 1.29 is 9.53 Å². The fourth-order valence-corrected chi connectivity index (χ4v) is 3.49. The molecule has 0 aromatic carbocycles. The van der Waals surface area contributed by atoms with Gasteiger partial charge in [-0.1, -0.05) is 6.07 Å². The highest BCUT2D eigenvalue weighted by Gasteiger charge is 2.29. The zero-order valence-electron chi connectivity index (χ0n) is 14.9. The predicted molar refractivity (Wildman–Crippen MR) is 99.6 cm³/mol. The van der Waals surface area contributed by atoms with Crippen LogP contribution < -0.4 is 5.56 Å². The summed E-state index contributed by atoms with van der Waals surface area (Å²) < 4.78 is 6.67. The number of carbonyl (C=O) groups excluding carboxylic acids is 1. The Labute approximate surface area is 151 Å². The van der Waals surface area contributed by atoms with E-state index in [0.29, 0.717) is 5.92 Å². The molecular formula is C21H20N2O3. The van der Waals surface area contributed by atoms with Crippen LogP contribution in [0.4, 0.5) is 0 Å². The molecule has 3 aromatic rings. The van der Waals surface area contributed by atoms with Crippen molar-refractivity contribution in [3.8, 4) is 11.1 Å². The van der Waals surface area contributed by atoms with Crippen LogP contribution in [0.15, 0.2) is 47.7 Å². The average Bonchev–Trinajstić information content (AvgIpc) is 3.48. The van der Waals surface area contributed by atoms with Crippen molar-refractivity contribution in [2.24, 2.45) is 0 Å². The topological polar surface area (TPSA) is 60.7 Å². The molecule has 1 fully saturated rings. The first kappa shape index (κ1) is 16.5. The molecule has 0 radical (unpaired) electrons. The van der Waals surface area contributed by atoms with E-state index in [4.69, 9.17) is 4.74 Å². The van der Waals surface area contributed by atoms with Crippen LogP contribution in [-0.2, 0) is 4.74 Å². The van der Waals surface area contributed by atoms with E-state index >= 15 is 0 Å². The maximum Gasteiger partial charge on any atom is 0.343 e. The Bertz CT molecular complexity index is 1050. The summed E-state index contributed by atoms with van der Waals surface area (Å²) >= 11 is 0. The number of nitrogens with zero attached hydrogens (tertiary/aromatic N) is 2. The third-order valence-electron chi connectivity index (χ3n) is 4.90. The van der Waals surface area contributed by atoms with Crippen LogP contribution >= 0.6 is 0 Å². The Morgan fingerprint density at radius 3 is 2.81 bits per heavy atom. The summed E-state index contributed by atoms with van der Waals surface area (Å²) in [5.41, 5.74) is 4.81. The van der Waals surface area contributed by atoms with Crippen molar-refractivity contribution in [3.05, 3.63) is 69.9 Å². The van der Waals surface area contributed by atoms with Gasteiger partial charge in [0.1, 0.15) is 5.56 Å². The van der Waals surface area contributed by atoms with Crippen LogP contribution in [0.3, 0.4) is 0 Å². The largest absolute Gasteiger partial charge is 0.462 e. The van der Waals surface area contributed by atoms with Gasteiger partial charge in [0.2, 0.25) is 0 Å². The number of carbonyl (C=O) groups is 1. The van der Waals surface area contributed by atoms with E-state index in [0.717, 1.165) is 40.6 Å². The number of esters is 1. The molecule has 1 aliphatic carbocycles. The normalized spacial score (nSPS) is 13.8. The van der Waals surface area contributed by atoms with Gasteiger partial charge in [-0.15, -0.1) is 0 Å². The molecule has 3 heterocycles. The molecule has 0 bridgehead atoms. The molecule has 1 saturated carbocycles. The Kier molecular flexibility index (Phi) is 4.07. The molecule has 0 spiro atoms. The van der Waals surface area contributed by atoms with E-state index < -0.39 is 5.97 Å². The average molecular weight is 348 g/mol. The first-order chi connectivity index (χ1) is 12.6. The quantitative estimate of drug-likeness (QED) is 0.674. The van der Waals surface area contributed by atoms with Crippen molar-refractivity contribution in [1.82, 2.24) is 9.38 Å². The van der Waals surface area contributed by atoms with E-state index in [2.05, 4.69) is 4.98 Å². The molecule has 5 heteroatoms. The third kappa shape index (κ3) is 2.69. The van der Waals surface area contributed by atoms with E-state index in [9.17, 15) is 9.59 Å². The third-order valence-corrected chi connectivity index (χ3v) is 4.90. The SMILES string of the molecule is CCOC(=O)c1cc(C2CC2)c2c(C)c(-c3cccnc3)ccn2c1=O. The predicted octanol–water partition coefficient (Wildman–Crippen LogP) is 3.72. The lowest BCUT2D eigenvalue weighted by Crippen LogP contribution is -2.25. The van der Waals surface area contributed by atoms with Crippen molar-refractivity contribution in [2.75, 3.05) is 6.61 Å². The number of rotatable bonds is 4. The van der Waals surface area contributed by atoms with Gasteiger partial charge in [-0.2, -0.15) is 0 Å². The van der Waals surface area contributed by atoms with E-state index in [1.165, 1.54) is 0 Å². The molecule has 0 aliphatic heterocycles. The highest BCUT2D eigenvalue weighted by atomic mass is 16.5. The number of aromatic nitrogens is 2. The zero-order chi connectivity index (χ0) is 18.3. The first-order valence-corrected chi connectivity index (χ1v) is 8.88. The Morgan fingerprint density at radius 2 is 2.15 bits per heavy atom. The summed E-state index contributed by atoms with van der Waals surface area (Å²) in [4.78, 5) is 29.3. The molecule has 132 valence electrons. The summed E-state index contributed by atoms with van der Waals surface area (Å²) in [5, 5.41) is 0. The molecule has 0 unspecified atom stereocenters. The minimum atomic E-state index is -0.553. The molecule has 26 heavy (non-hydrogen) atoms. The van der Waals surface area contributed by atoms with Gasteiger partial charge in [0, 0.05) is 24.2 Å². The Balaban J connectivity index is 2.00. The molecule has 5 nitrogen and oxygen atoms in total. The Hall–Kier alpha value is -2.95. The number of aryl methyl sites for hydroxylation is 1. The van der Waals surface area contributed by atoms with Gasteiger partial charge in [-0.25, -0.2) is 4.79 Å². The zero-order valence-corrected chi connectivity index (χ0v) is 14.9. The minimum Gasteiger partial charge on any atom is -0.462 e. The number of pyridine rings is 3. The summed E-state index contributed by atoms with van der Waals surface area (Å²) in [5.74, 6) is -0.163. The molecule has 0 amide bonds. The number of ether oxygens (including phenoxy) is 1. The van der Waals surface area contributed by atoms with Crippen LogP contribution in [0, 0.1) is 6.92 Å². The standard InChI is InChI=1S/C21H20N2O3/c1-3-26-21(25)18-11-17(14-6-7-14)19-13(2)16(8-10-23(19)20(18)24)15-5-4-9-22-12-15/h4-5,8-12,14H,3,6-7H2,1-2H3. The fourth-order valence-electron chi connectivity index (χ4n) is 3.49. The second kappa shape index (κ2) is 6.41. The first-order valence-electron chi connectivity index (χ1n) is 8.88. The van der Waals surface area contributed by atoms with Crippen molar-refractivity contribution in [2.45, 2.75) is 32.6 Å². The fraction of sp³-hybridized carbons (Fsp3) is 0.286. The van der Waals surface area contributed by atoms with Gasteiger partial charge in [0.05, 0.1) is 12.1 Å². The summed E-state index contributed by atoms with van der Waals surface area (Å²) in [6.07, 6.45) is 7.47. The number of hydrogen-bond acceptors (Lipinski definition) is 4. The van der Waals surface area contributed by atoms with Gasteiger partial charge >= 0.3 is 5.97 Å². The molecule has 0 N–H and O–H groups in total. The van der Waals surface area contributed by atoms with Gasteiger partial charge in [-0.3, -0.25) is 14.2 Å². The molecule has 0 saturated heterocycles. The minimum absolute atomic E-state index is 0.111. The maximum absolute atomic E-state index is 12.9. The molecule has 4 rings (SSSR count). The summed E-state index contributed by atoms with van der Waals surface area (Å²) in [6.45, 7) is 4.01. The lowest BCUT2D eigenvalue weighted by Gasteiger charge is -2.15. The van der Waals surface area contributed by atoms with Gasteiger partial charge in [0.15, 0.2) is 0 Å². The highest BCUT2D eigenvalue weighted by molar-refractivity contribution is 5.90. The van der Waals surface area contributed by atoms with E-state index in [-0.39, 0.29) is 17.7 Å². The second-order valence-electron chi connectivity index (χ2n) is 6.63. The maximum atomic E-state index is 12.9. The molecule has 1 aliphatic rings. The Morgan fingerprint density at radius 1 is 1.35 bits per heavy atom. The van der Waals surface area contributed by atoms with Crippen LogP contribution in [0.1, 0.15) is 47.2 Å². The van der Waals surface area contributed by atoms with Gasteiger partial charge in [0.25, 0.3) is 5.56 Å². The van der Waals surface area contributed by atoms with Gasteiger partial charge in [-0.05, 0) is 67.5 Å². The van der Waals surface area contributed by atoms with Gasteiger partial charge < -0.3 is 4.74 Å². The van der Waals surface area contributed by atoms with Crippen molar-refractivity contribution in [3.63, 3.8) is 0 Å². The molecule has 3 aromatic heterocycles. The lowest BCUT2D eigenvalue weighted by atomic mass is 9.97. The lowest BCUT2D eigenvalue weighted by molar-refractivity contribution is 0.0524. The molecule has 0 atom stereocenters. The van der Waals surface area contributed by atoms with E-state index in [1.54, 1.807) is 29.8 Å². The van der Waals surface area contributed by atoms with Crippen molar-refractivity contribution >= 4 is 11.5 Å². The number of fused-ring (bicyclic) bond motifs is 1. The van der Waals surface area contributed by atoms with Crippen LogP contribution in [0.5, 0.6) is 0 Å². The number of hydrogen-bond donors (Lipinski definition) is 0. The van der Waals surface area contributed by atoms with Crippen LogP contribution in [0.2, 0.25) is 0 Å². The summed E-state index contributed by atoms with van der Waals surface area (Å²) in [7, 11) is 0.